The maximum atomic E-state index is 13.9. The molecule has 5 nitrogen and oxygen atoms in total. The molecule has 5 rings (SSSR count). The molecule has 0 unspecified atom stereocenters. The van der Waals surface area contributed by atoms with Gasteiger partial charge in [0.05, 0.1) is 0 Å². The van der Waals surface area contributed by atoms with E-state index in [1.807, 2.05) is 97.1 Å². The SMILES string of the molecule is O=C(Nc1nccs1)/C(NC(=O)c1ccccc1)=C(\[S-])[P+](c1ccccc1)(c1ccccc1)c1ccccc1. The lowest BCUT2D eigenvalue weighted by Crippen LogP contribution is -2.37. The number of nitrogens with zero attached hydrogens (tertiary/aromatic N) is 1. The molecule has 0 aliphatic rings. The van der Waals surface area contributed by atoms with Gasteiger partial charge in [0.2, 0.25) is 0 Å². The highest BCUT2D eigenvalue weighted by atomic mass is 32.1. The maximum absolute atomic E-state index is 13.9. The van der Waals surface area contributed by atoms with E-state index in [1.54, 1.807) is 35.8 Å². The Balaban J connectivity index is 1.79. The van der Waals surface area contributed by atoms with Crippen molar-refractivity contribution >= 4 is 64.1 Å². The van der Waals surface area contributed by atoms with Gasteiger partial charge in [-0.2, -0.15) is 0 Å². The van der Waals surface area contributed by atoms with Crippen LogP contribution in [0.1, 0.15) is 10.4 Å². The number of hydrogen-bond donors (Lipinski definition) is 2. The second kappa shape index (κ2) is 12.1. The zero-order chi connectivity index (χ0) is 27.1. The predicted octanol–water partition coefficient (Wildman–Crippen LogP) is 5.22. The third-order valence-electron chi connectivity index (χ3n) is 6.10. The molecule has 8 heteroatoms. The van der Waals surface area contributed by atoms with Crippen LogP contribution in [0, 0.1) is 0 Å². The van der Waals surface area contributed by atoms with Crippen molar-refractivity contribution in [3.05, 3.63) is 149 Å². The van der Waals surface area contributed by atoms with Crippen LogP contribution in [0.5, 0.6) is 0 Å². The molecule has 0 radical (unpaired) electrons. The Bertz CT molecular complexity index is 1480. The van der Waals surface area contributed by atoms with Crippen LogP contribution in [0.3, 0.4) is 0 Å². The normalized spacial score (nSPS) is 11.8. The van der Waals surface area contributed by atoms with E-state index < -0.39 is 19.1 Å². The molecule has 0 atom stereocenters. The van der Waals surface area contributed by atoms with Gasteiger partial charge in [0.25, 0.3) is 11.8 Å². The molecule has 2 amide bonds. The zero-order valence-corrected chi connectivity index (χ0v) is 23.3. The number of amides is 2. The Labute approximate surface area is 237 Å². The minimum Gasteiger partial charge on any atom is -0.738 e. The fourth-order valence-corrected chi connectivity index (χ4v) is 9.91. The maximum Gasteiger partial charge on any atom is 0.275 e. The summed E-state index contributed by atoms with van der Waals surface area (Å²) in [6, 6.07) is 38.7. The first kappa shape index (κ1) is 26.4. The van der Waals surface area contributed by atoms with Crippen LogP contribution in [0.15, 0.2) is 143 Å². The molecule has 0 saturated heterocycles. The number of thiazole rings is 1. The monoisotopic (exact) mass is 565 g/mol. The Hall–Kier alpha value is -4.16. The number of carbonyl (C=O) groups is 2. The second-order valence-electron chi connectivity index (χ2n) is 8.47. The van der Waals surface area contributed by atoms with E-state index in [1.165, 1.54) is 11.3 Å². The van der Waals surface area contributed by atoms with E-state index in [4.69, 9.17) is 12.6 Å². The van der Waals surface area contributed by atoms with Crippen molar-refractivity contribution in [1.82, 2.24) is 10.3 Å². The highest BCUT2D eigenvalue weighted by Crippen LogP contribution is 2.62. The molecule has 0 aliphatic carbocycles. The van der Waals surface area contributed by atoms with Crippen molar-refractivity contribution in [2.45, 2.75) is 0 Å². The third kappa shape index (κ3) is 5.52. The van der Waals surface area contributed by atoms with Gasteiger partial charge in [0, 0.05) is 17.1 Å². The van der Waals surface area contributed by atoms with E-state index in [9.17, 15) is 9.59 Å². The van der Waals surface area contributed by atoms with Crippen LogP contribution < -0.4 is 26.5 Å². The Morgan fingerprint density at radius 3 is 1.59 bits per heavy atom. The first-order valence-corrected chi connectivity index (χ1v) is 15.2. The lowest BCUT2D eigenvalue weighted by molar-refractivity contribution is -0.113. The molecule has 39 heavy (non-hydrogen) atoms. The largest absolute Gasteiger partial charge is 0.738 e. The van der Waals surface area contributed by atoms with Gasteiger partial charge in [-0.25, -0.2) is 4.98 Å². The summed E-state index contributed by atoms with van der Waals surface area (Å²) < 4.78 is 0.365. The number of rotatable bonds is 8. The Kier molecular flexibility index (Phi) is 8.23. The summed E-state index contributed by atoms with van der Waals surface area (Å²) in [5, 5.41) is 10.8. The average Bonchev–Trinajstić information content (AvgIpc) is 3.51. The smallest absolute Gasteiger partial charge is 0.275 e. The molecule has 0 bridgehead atoms. The van der Waals surface area contributed by atoms with E-state index in [0.717, 1.165) is 15.9 Å². The number of nitrogens with one attached hydrogen (secondary N) is 2. The van der Waals surface area contributed by atoms with Gasteiger partial charge in [-0.15, -0.1) is 11.3 Å². The molecule has 4 aromatic carbocycles. The molecule has 2 N–H and O–H groups in total. The van der Waals surface area contributed by atoms with Crippen molar-refractivity contribution in [1.29, 1.82) is 0 Å². The fraction of sp³-hybridized carbons (Fsp3) is 0. The molecule has 5 aromatic rings. The minimum absolute atomic E-state index is 0.0268. The molecular weight excluding hydrogens is 541 g/mol. The molecule has 0 saturated carbocycles. The molecule has 1 aromatic heterocycles. The number of hydrogen-bond acceptors (Lipinski definition) is 5. The van der Waals surface area contributed by atoms with Crippen molar-refractivity contribution in [2.24, 2.45) is 0 Å². The highest BCUT2D eigenvalue weighted by molar-refractivity contribution is 8.06. The zero-order valence-electron chi connectivity index (χ0n) is 20.7. The summed E-state index contributed by atoms with van der Waals surface area (Å²) in [5.41, 5.74) is 0.446. The van der Waals surface area contributed by atoms with Crippen LogP contribution in [0.4, 0.5) is 5.13 Å². The first-order chi connectivity index (χ1) is 19.1. The first-order valence-electron chi connectivity index (χ1n) is 12.2. The number of benzene rings is 4. The van der Waals surface area contributed by atoms with Crippen molar-refractivity contribution in [2.75, 3.05) is 5.32 Å². The summed E-state index contributed by atoms with van der Waals surface area (Å²) in [6.07, 6.45) is 1.61. The topological polar surface area (TPSA) is 71.1 Å². The van der Waals surface area contributed by atoms with Gasteiger partial charge in [-0.05, 0) is 53.2 Å². The van der Waals surface area contributed by atoms with Gasteiger partial charge in [-0.1, -0.05) is 72.8 Å². The predicted molar refractivity (Wildman–Crippen MR) is 164 cm³/mol. The fourth-order valence-electron chi connectivity index (χ4n) is 4.35. The summed E-state index contributed by atoms with van der Waals surface area (Å²) in [5.74, 6) is -0.944. The molecule has 0 fully saturated rings. The van der Waals surface area contributed by atoms with Crippen LogP contribution in [0.2, 0.25) is 0 Å². The number of anilines is 1. The summed E-state index contributed by atoms with van der Waals surface area (Å²) in [7, 11) is -2.79. The van der Waals surface area contributed by atoms with Gasteiger partial charge in [0.15, 0.2) is 5.13 Å². The lowest BCUT2D eigenvalue weighted by atomic mass is 10.2. The molecular formula is C31H24N3O2PS2. The minimum atomic E-state index is -2.79. The van der Waals surface area contributed by atoms with Crippen LogP contribution in [-0.2, 0) is 17.4 Å². The van der Waals surface area contributed by atoms with E-state index in [2.05, 4.69) is 15.6 Å². The molecule has 0 spiro atoms. The molecule has 1 heterocycles. The van der Waals surface area contributed by atoms with E-state index >= 15 is 0 Å². The van der Waals surface area contributed by atoms with Crippen molar-refractivity contribution < 1.29 is 9.59 Å². The average molecular weight is 566 g/mol. The molecule has 0 aliphatic heterocycles. The van der Waals surface area contributed by atoms with E-state index in [-0.39, 0.29) is 5.70 Å². The van der Waals surface area contributed by atoms with Crippen LogP contribution >= 0.6 is 18.6 Å². The van der Waals surface area contributed by atoms with Crippen molar-refractivity contribution in [3.8, 4) is 0 Å². The lowest BCUT2D eigenvalue weighted by Gasteiger charge is -2.34. The summed E-state index contributed by atoms with van der Waals surface area (Å²) >= 11 is 7.60. The Morgan fingerprint density at radius 1 is 0.692 bits per heavy atom. The van der Waals surface area contributed by atoms with Crippen LogP contribution in [0.25, 0.3) is 0 Å². The summed E-state index contributed by atoms with van der Waals surface area (Å²) in [6.45, 7) is 0. The van der Waals surface area contributed by atoms with Gasteiger partial charge in [0.1, 0.15) is 28.9 Å². The summed E-state index contributed by atoms with van der Waals surface area (Å²) in [4.78, 5) is 31.5. The highest BCUT2D eigenvalue weighted by Gasteiger charge is 2.46. The second-order valence-corrected chi connectivity index (χ2v) is 13.4. The quantitative estimate of drug-likeness (QED) is 0.154. The van der Waals surface area contributed by atoms with E-state index in [0.29, 0.717) is 15.3 Å². The van der Waals surface area contributed by atoms with Crippen LogP contribution in [-0.4, -0.2) is 16.8 Å². The number of aromatic nitrogens is 1. The number of carbonyl (C=O) groups excluding carboxylic acids is 2. The van der Waals surface area contributed by atoms with Gasteiger partial charge >= 0.3 is 0 Å². The third-order valence-corrected chi connectivity index (χ3v) is 11.9. The molecule has 192 valence electrons. The van der Waals surface area contributed by atoms with Crippen molar-refractivity contribution in [3.63, 3.8) is 0 Å². The van der Waals surface area contributed by atoms with Gasteiger partial charge < -0.3 is 17.9 Å². The van der Waals surface area contributed by atoms with Gasteiger partial charge in [-0.3, -0.25) is 14.9 Å². The Morgan fingerprint density at radius 2 is 1.15 bits per heavy atom. The standard InChI is InChI=1S/C31H24N3O2PS2/c35-28(23-13-5-1-6-14-23)33-27(29(36)34-31-32-21-22-39-31)30(38)37(24-15-7-2-8-16-24,25-17-9-3-10-18-25)26-19-11-4-12-20-26/h1-22H,(H2-,32,33,34,35,36,38).